The number of rotatable bonds is 4. The molecule has 5 heteroatoms. The van der Waals surface area contributed by atoms with Crippen molar-refractivity contribution in [3.05, 3.63) is 0 Å². The monoisotopic (exact) mass is 232 g/mol. The second-order valence-electron chi connectivity index (χ2n) is 3.60. The third-order valence-corrected chi connectivity index (χ3v) is 2.85. The number of nitrogens with zero attached hydrogens (tertiary/aromatic N) is 2. The quantitative estimate of drug-likeness (QED) is 0.736. The minimum absolute atomic E-state index is 0.175. The van der Waals surface area contributed by atoms with Gasteiger partial charge in [-0.2, -0.15) is 12.6 Å². The number of amides is 1. The molecule has 15 heavy (non-hydrogen) atoms. The van der Waals surface area contributed by atoms with E-state index in [9.17, 15) is 4.79 Å². The van der Waals surface area contributed by atoms with E-state index in [-0.39, 0.29) is 6.09 Å². The summed E-state index contributed by atoms with van der Waals surface area (Å²) in [5.41, 5.74) is 0. The molecule has 4 nitrogen and oxygen atoms in total. The molecule has 1 fully saturated rings. The largest absolute Gasteiger partial charge is 0.450 e. The molecule has 0 N–H and O–H groups in total. The molecule has 0 aliphatic carbocycles. The van der Waals surface area contributed by atoms with Crippen LogP contribution in [0.5, 0.6) is 0 Å². The molecular formula is C10H20N2O2S. The summed E-state index contributed by atoms with van der Waals surface area (Å²) in [5, 5.41) is 0. The van der Waals surface area contributed by atoms with E-state index in [2.05, 4.69) is 17.5 Å². The molecule has 0 aromatic heterocycles. The van der Waals surface area contributed by atoms with Crippen molar-refractivity contribution in [2.45, 2.75) is 13.3 Å². The Balaban J connectivity index is 2.20. The number of carbonyl (C=O) groups is 1. The summed E-state index contributed by atoms with van der Waals surface area (Å²) in [4.78, 5) is 15.5. The van der Waals surface area contributed by atoms with Gasteiger partial charge in [0, 0.05) is 26.2 Å². The Bertz CT molecular complexity index is 194. The molecule has 0 saturated carbocycles. The van der Waals surface area contributed by atoms with Crippen molar-refractivity contribution >= 4 is 18.7 Å². The third-order valence-electron chi connectivity index (χ3n) is 2.53. The standard InChI is InChI=1S/C10H20N2O2S/c1-2-14-10(13)12-7-5-11(6-8-12)4-3-9-15/h15H,2-9H2,1H3. The van der Waals surface area contributed by atoms with Crippen LogP contribution in [-0.2, 0) is 4.74 Å². The molecule has 1 rings (SSSR count). The fourth-order valence-electron chi connectivity index (χ4n) is 1.66. The van der Waals surface area contributed by atoms with Gasteiger partial charge in [-0.25, -0.2) is 4.79 Å². The molecule has 1 saturated heterocycles. The summed E-state index contributed by atoms with van der Waals surface area (Å²) in [6.45, 7) is 6.84. The first-order valence-electron chi connectivity index (χ1n) is 5.53. The molecule has 0 aromatic rings. The first kappa shape index (κ1) is 12.6. The summed E-state index contributed by atoms with van der Waals surface area (Å²) in [5.74, 6) is 0.929. The molecule has 0 spiro atoms. The lowest BCUT2D eigenvalue weighted by molar-refractivity contribution is 0.0798. The van der Waals surface area contributed by atoms with Crippen LogP contribution >= 0.6 is 12.6 Å². The SMILES string of the molecule is CCOC(=O)N1CCN(CCCS)CC1. The number of thiol groups is 1. The highest BCUT2D eigenvalue weighted by Gasteiger charge is 2.20. The average molecular weight is 232 g/mol. The van der Waals surface area contributed by atoms with Crippen molar-refractivity contribution in [2.75, 3.05) is 45.1 Å². The van der Waals surface area contributed by atoms with Crippen molar-refractivity contribution in [3.63, 3.8) is 0 Å². The Kier molecular flexibility index (Phi) is 5.86. The van der Waals surface area contributed by atoms with Crippen LogP contribution in [0.1, 0.15) is 13.3 Å². The van der Waals surface area contributed by atoms with Gasteiger partial charge in [0.25, 0.3) is 0 Å². The van der Waals surface area contributed by atoms with Gasteiger partial charge in [-0.1, -0.05) is 0 Å². The molecule has 0 radical (unpaired) electrons. The maximum Gasteiger partial charge on any atom is 0.409 e. The average Bonchev–Trinajstić information content (AvgIpc) is 2.27. The van der Waals surface area contributed by atoms with E-state index in [4.69, 9.17) is 4.74 Å². The van der Waals surface area contributed by atoms with Crippen LogP contribution in [0.3, 0.4) is 0 Å². The Morgan fingerprint density at radius 2 is 2.00 bits per heavy atom. The number of ether oxygens (including phenoxy) is 1. The summed E-state index contributed by atoms with van der Waals surface area (Å²) in [7, 11) is 0. The van der Waals surface area contributed by atoms with Gasteiger partial charge in [-0.15, -0.1) is 0 Å². The van der Waals surface area contributed by atoms with E-state index in [1.165, 1.54) is 0 Å². The van der Waals surface area contributed by atoms with Crippen LogP contribution < -0.4 is 0 Å². The molecule has 0 aromatic carbocycles. The van der Waals surface area contributed by atoms with Gasteiger partial charge < -0.3 is 9.64 Å². The summed E-state index contributed by atoms with van der Waals surface area (Å²) >= 11 is 4.19. The number of piperazine rings is 1. The van der Waals surface area contributed by atoms with Crippen molar-refractivity contribution < 1.29 is 9.53 Å². The molecule has 0 atom stereocenters. The number of carbonyl (C=O) groups excluding carboxylic acids is 1. The van der Waals surface area contributed by atoms with E-state index < -0.39 is 0 Å². The third kappa shape index (κ3) is 4.30. The van der Waals surface area contributed by atoms with E-state index in [0.717, 1.165) is 44.9 Å². The molecule has 1 heterocycles. The number of hydrogen-bond acceptors (Lipinski definition) is 4. The lowest BCUT2D eigenvalue weighted by atomic mass is 10.3. The lowest BCUT2D eigenvalue weighted by Gasteiger charge is -2.33. The van der Waals surface area contributed by atoms with Crippen LogP contribution in [0.2, 0.25) is 0 Å². The predicted octanol–water partition coefficient (Wildman–Crippen LogP) is 1.08. The first-order valence-corrected chi connectivity index (χ1v) is 6.16. The van der Waals surface area contributed by atoms with Crippen LogP contribution in [0.4, 0.5) is 4.79 Å². The Labute approximate surface area is 97.0 Å². The van der Waals surface area contributed by atoms with Crippen molar-refractivity contribution in [1.82, 2.24) is 9.80 Å². The minimum atomic E-state index is -0.175. The fraction of sp³-hybridized carbons (Fsp3) is 0.900. The maximum absolute atomic E-state index is 11.4. The van der Waals surface area contributed by atoms with Gasteiger partial charge in [0.15, 0.2) is 0 Å². The zero-order chi connectivity index (χ0) is 11.1. The van der Waals surface area contributed by atoms with Crippen LogP contribution in [0.25, 0.3) is 0 Å². The zero-order valence-corrected chi connectivity index (χ0v) is 10.2. The zero-order valence-electron chi connectivity index (χ0n) is 9.31. The smallest absolute Gasteiger partial charge is 0.409 e. The topological polar surface area (TPSA) is 32.8 Å². The fourth-order valence-corrected chi connectivity index (χ4v) is 1.80. The minimum Gasteiger partial charge on any atom is -0.450 e. The summed E-state index contributed by atoms with van der Waals surface area (Å²) < 4.78 is 4.95. The summed E-state index contributed by atoms with van der Waals surface area (Å²) in [6.07, 6.45) is 0.939. The maximum atomic E-state index is 11.4. The van der Waals surface area contributed by atoms with Gasteiger partial charge in [0.1, 0.15) is 0 Å². The van der Waals surface area contributed by atoms with E-state index in [1.54, 1.807) is 4.90 Å². The lowest BCUT2D eigenvalue weighted by Crippen LogP contribution is -2.49. The molecule has 1 aliphatic rings. The normalized spacial score (nSPS) is 17.9. The van der Waals surface area contributed by atoms with E-state index in [0.29, 0.717) is 6.61 Å². The second-order valence-corrected chi connectivity index (χ2v) is 4.05. The van der Waals surface area contributed by atoms with Crippen LogP contribution in [0.15, 0.2) is 0 Å². The van der Waals surface area contributed by atoms with E-state index in [1.807, 2.05) is 6.92 Å². The Morgan fingerprint density at radius 3 is 2.53 bits per heavy atom. The first-order chi connectivity index (χ1) is 7.27. The Morgan fingerprint density at radius 1 is 1.33 bits per heavy atom. The van der Waals surface area contributed by atoms with Gasteiger partial charge in [-0.3, -0.25) is 4.90 Å². The highest BCUT2D eigenvalue weighted by Crippen LogP contribution is 2.04. The van der Waals surface area contributed by atoms with E-state index >= 15 is 0 Å². The molecular weight excluding hydrogens is 212 g/mol. The molecule has 1 amide bonds. The van der Waals surface area contributed by atoms with Crippen molar-refractivity contribution in [2.24, 2.45) is 0 Å². The van der Waals surface area contributed by atoms with Gasteiger partial charge in [0.05, 0.1) is 6.61 Å². The van der Waals surface area contributed by atoms with Gasteiger partial charge in [0.2, 0.25) is 0 Å². The summed E-state index contributed by atoms with van der Waals surface area (Å²) in [6, 6.07) is 0. The predicted molar refractivity (Wildman–Crippen MR) is 63.5 cm³/mol. The van der Waals surface area contributed by atoms with Gasteiger partial charge in [-0.05, 0) is 25.6 Å². The van der Waals surface area contributed by atoms with Crippen molar-refractivity contribution in [1.29, 1.82) is 0 Å². The van der Waals surface area contributed by atoms with Crippen molar-refractivity contribution in [3.8, 4) is 0 Å². The number of hydrogen-bond donors (Lipinski definition) is 1. The van der Waals surface area contributed by atoms with Crippen LogP contribution in [0, 0.1) is 0 Å². The molecule has 0 bridgehead atoms. The highest BCUT2D eigenvalue weighted by atomic mass is 32.1. The molecule has 88 valence electrons. The van der Waals surface area contributed by atoms with Gasteiger partial charge >= 0.3 is 6.09 Å². The highest BCUT2D eigenvalue weighted by molar-refractivity contribution is 7.80. The molecule has 1 aliphatic heterocycles. The second kappa shape index (κ2) is 6.95. The molecule has 0 unspecified atom stereocenters. The van der Waals surface area contributed by atoms with Crippen LogP contribution in [-0.4, -0.2) is 61.0 Å². The Hall–Kier alpha value is -0.420.